The molecule has 0 unspecified atom stereocenters. The fourth-order valence-corrected chi connectivity index (χ4v) is 8.21. The highest BCUT2D eigenvalue weighted by Crippen LogP contribution is 2.46. The van der Waals surface area contributed by atoms with Gasteiger partial charge in [0.05, 0.1) is 63.9 Å². The van der Waals surface area contributed by atoms with Crippen LogP contribution in [-0.2, 0) is 31.9 Å². The van der Waals surface area contributed by atoms with Gasteiger partial charge in [0.15, 0.2) is 5.82 Å². The number of carbonyl (C=O) groups excluding carboxylic acids is 2. The average Bonchev–Trinajstić information content (AvgIpc) is 4.25. The summed E-state index contributed by atoms with van der Waals surface area (Å²) in [6.07, 6.45) is 4.66. The van der Waals surface area contributed by atoms with Crippen LogP contribution in [0.2, 0.25) is 0 Å². The molecule has 2 saturated carbocycles. The van der Waals surface area contributed by atoms with Crippen molar-refractivity contribution in [3.05, 3.63) is 134 Å². The zero-order chi connectivity index (χ0) is 47.3. The van der Waals surface area contributed by atoms with E-state index in [1.54, 1.807) is 14.2 Å². The standard InChI is InChI=1S/C22H23N3O3.C18H25BO4.C10H10BrN3O.2CH4/c1-14-11-18(16-9-10-16)19(12-17(14)21(26)27-2)20-23-24-22(28-3)25(20)13-15-7-5-4-6-8-15;1-11-9-14(12-7-8-12)15(10-13(11)16(20)21-6)19-22-17(2,3)18(4,5)23-19;1-15-10-13-12-9(11)14(10)7-8-5-3-2-4-6-8;;/h4-8,11-12,16H,9-10,13H2,1-3H3;9-10,12H,7-8H2,1-6H3;2-6H,7H2,1H3;2*1H4. The Kier molecular flexibility index (Phi) is 17.6. The first-order chi connectivity index (χ1) is 31.6. The summed E-state index contributed by atoms with van der Waals surface area (Å²) in [6, 6.07) is 29.1. The maximum Gasteiger partial charge on any atom is 0.495 e. The van der Waals surface area contributed by atoms with Crippen LogP contribution in [0.1, 0.15) is 134 Å². The monoisotopic (exact) mass is 992 g/mol. The highest BCUT2D eigenvalue weighted by molar-refractivity contribution is 9.10. The molecule has 0 amide bonds. The highest BCUT2D eigenvalue weighted by Gasteiger charge is 2.53. The van der Waals surface area contributed by atoms with Crippen LogP contribution in [0, 0.1) is 13.8 Å². The molecule has 3 aliphatic rings. The molecule has 4 aromatic carbocycles. The Balaban J connectivity index is 0.000000196. The van der Waals surface area contributed by atoms with Gasteiger partial charge in [-0.1, -0.05) is 97.8 Å². The third kappa shape index (κ3) is 11.9. The number of hydrogen-bond acceptors (Lipinski definition) is 12. The third-order valence-corrected chi connectivity index (χ3v) is 13.1. The Hall–Kier alpha value is -5.84. The minimum Gasteiger partial charge on any atom is -0.467 e. The number of aryl methyl sites for hydroxylation is 2. The molecule has 16 heteroatoms. The molecule has 2 aromatic heterocycles. The maximum atomic E-state index is 12.3. The van der Waals surface area contributed by atoms with E-state index >= 15 is 0 Å². The molecule has 0 spiro atoms. The molecule has 1 aliphatic heterocycles. The molecule has 0 atom stereocenters. The SMILES string of the molecule is C.C.COC(=O)c1cc(-c2nnc(OC)n2Cc2ccccc2)c(C2CC2)cc1C.COC(=O)c1cc(B2OC(C)(C)C(C)(C)O2)c(C2CC2)cc1C.COc1nnc(Br)n1Cc1ccccc1. The van der Waals surface area contributed by atoms with E-state index in [4.69, 9.17) is 28.3 Å². The van der Waals surface area contributed by atoms with Gasteiger partial charge in [-0.25, -0.2) is 9.59 Å². The van der Waals surface area contributed by atoms with Crippen LogP contribution in [0.15, 0.2) is 89.7 Å². The van der Waals surface area contributed by atoms with Crippen molar-refractivity contribution in [1.29, 1.82) is 0 Å². The zero-order valence-electron chi connectivity index (χ0n) is 39.4. The molecule has 68 heavy (non-hydrogen) atoms. The molecule has 362 valence electrons. The Morgan fingerprint density at radius 1 is 0.647 bits per heavy atom. The van der Waals surface area contributed by atoms with E-state index < -0.39 is 18.3 Å². The molecule has 1 saturated heterocycles. The van der Waals surface area contributed by atoms with Gasteiger partial charge in [-0.05, 0) is 146 Å². The number of benzene rings is 4. The molecule has 2 aliphatic carbocycles. The third-order valence-electron chi connectivity index (χ3n) is 12.5. The molecule has 3 fully saturated rings. The summed E-state index contributed by atoms with van der Waals surface area (Å²) in [5.41, 5.74) is 8.84. The largest absolute Gasteiger partial charge is 0.495 e. The number of hydrogen-bond donors (Lipinski definition) is 0. The van der Waals surface area contributed by atoms with Gasteiger partial charge < -0.3 is 28.3 Å². The fraction of sp³-hybridized carbons (Fsp3) is 0.423. The summed E-state index contributed by atoms with van der Waals surface area (Å²) in [5, 5.41) is 16.4. The fourth-order valence-electron chi connectivity index (χ4n) is 7.85. The molecule has 9 rings (SSSR count). The lowest BCUT2D eigenvalue weighted by molar-refractivity contribution is 0.00578. The lowest BCUT2D eigenvalue weighted by Gasteiger charge is -2.32. The van der Waals surface area contributed by atoms with Crippen LogP contribution in [0.3, 0.4) is 0 Å². The summed E-state index contributed by atoms with van der Waals surface area (Å²) in [6.45, 7) is 13.3. The lowest BCUT2D eigenvalue weighted by Crippen LogP contribution is -2.41. The Morgan fingerprint density at radius 3 is 1.57 bits per heavy atom. The van der Waals surface area contributed by atoms with E-state index in [0.717, 1.165) is 40.6 Å². The van der Waals surface area contributed by atoms with Crippen molar-refractivity contribution in [2.24, 2.45) is 0 Å². The van der Waals surface area contributed by atoms with E-state index in [-0.39, 0.29) is 26.8 Å². The molecule has 14 nitrogen and oxygen atoms in total. The van der Waals surface area contributed by atoms with Gasteiger partial charge >= 0.3 is 31.1 Å². The normalized spacial score (nSPS) is 15.3. The van der Waals surface area contributed by atoms with Crippen molar-refractivity contribution < 1.29 is 37.8 Å². The lowest BCUT2D eigenvalue weighted by atomic mass is 9.73. The predicted octanol–water partition coefficient (Wildman–Crippen LogP) is 10.3. The number of halogens is 1. The number of esters is 2. The van der Waals surface area contributed by atoms with E-state index in [1.807, 2.05) is 111 Å². The van der Waals surface area contributed by atoms with Crippen LogP contribution >= 0.6 is 15.9 Å². The second-order valence-corrected chi connectivity index (χ2v) is 18.5. The van der Waals surface area contributed by atoms with Gasteiger partial charge in [-0.3, -0.25) is 9.13 Å². The van der Waals surface area contributed by atoms with E-state index in [2.05, 4.69) is 60.6 Å². The number of rotatable bonds is 12. The first kappa shape index (κ1) is 53.1. The summed E-state index contributed by atoms with van der Waals surface area (Å²) < 4.78 is 37.3. The van der Waals surface area contributed by atoms with Crippen LogP contribution in [-0.4, -0.2) is 88.2 Å². The van der Waals surface area contributed by atoms with Crippen molar-refractivity contribution in [3.63, 3.8) is 0 Å². The summed E-state index contributed by atoms with van der Waals surface area (Å²) in [5.74, 6) is 1.08. The van der Waals surface area contributed by atoms with Crippen LogP contribution in [0.4, 0.5) is 0 Å². The van der Waals surface area contributed by atoms with Gasteiger partial charge in [-0.2, -0.15) is 0 Å². The smallest absolute Gasteiger partial charge is 0.467 e. The van der Waals surface area contributed by atoms with Gasteiger partial charge in [0.1, 0.15) is 0 Å². The van der Waals surface area contributed by atoms with E-state index in [0.29, 0.717) is 58.6 Å². The molecule has 0 N–H and O–H groups in total. The molecule has 0 bridgehead atoms. The van der Waals surface area contributed by atoms with Crippen LogP contribution in [0.5, 0.6) is 12.0 Å². The number of aromatic nitrogens is 6. The number of nitrogens with zero attached hydrogens (tertiary/aromatic N) is 6. The number of carbonyl (C=O) groups is 2. The quantitative estimate of drug-likeness (QED) is 0.0848. The Labute approximate surface area is 410 Å². The summed E-state index contributed by atoms with van der Waals surface area (Å²) in [7, 11) is 5.53. The maximum absolute atomic E-state index is 12.3. The van der Waals surface area contributed by atoms with Crippen molar-refractivity contribution in [2.45, 2.75) is 118 Å². The predicted molar refractivity (Wildman–Crippen MR) is 269 cm³/mol. The van der Waals surface area contributed by atoms with E-state index in [1.165, 1.54) is 43.8 Å². The summed E-state index contributed by atoms with van der Waals surface area (Å²) in [4.78, 5) is 24.3. The topological polar surface area (TPSA) is 151 Å². The molecule has 6 aromatic rings. The van der Waals surface area contributed by atoms with Crippen LogP contribution < -0.4 is 14.9 Å². The molecule has 0 radical (unpaired) electrons. The van der Waals surface area contributed by atoms with Crippen molar-refractivity contribution in [3.8, 4) is 23.4 Å². The van der Waals surface area contributed by atoms with Crippen LogP contribution in [0.25, 0.3) is 11.4 Å². The minimum atomic E-state index is -0.445. The zero-order valence-corrected chi connectivity index (χ0v) is 41.0. The molecular formula is C52H66BBrN6O8. The van der Waals surface area contributed by atoms with Crippen molar-refractivity contribution in [1.82, 2.24) is 29.5 Å². The minimum absolute atomic E-state index is 0. The Bertz CT molecular complexity index is 2650. The van der Waals surface area contributed by atoms with Gasteiger partial charge in [0.25, 0.3) is 0 Å². The van der Waals surface area contributed by atoms with E-state index in [9.17, 15) is 9.59 Å². The van der Waals surface area contributed by atoms with Gasteiger partial charge in [0.2, 0.25) is 4.73 Å². The number of ether oxygens (including phenoxy) is 4. The number of methoxy groups -OCH3 is 4. The second-order valence-electron chi connectivity index (χ2n) is 17.8. The average molecular weight is 994 g/mol. The first-order valence-corrected chi connectivity index (χ1v) is 22.9. The van der Waals surface area contributed by atoms with Crippen molar-refractivity contribution >= 4 is 40.4 Å². The molecular weight excluding hydrogens is 927 g/mol. The second kappa shape index (κ2) is 22.5. The van der Waals surface area contributed by atoms with Gasteiger partial charge in [0, 0.05) is 5.56 Å². The highest BCUT2D eigenvalue weighted by atomic mass is 79.9. The Morgan fingerprint density at radius 2 is 1.09 bits per heavy atom. The molecule has 3 heterocycles. The first-order valence-electron chi connectivity index (χ1n) is 22.1. The van der Waals surface area contributed by atoms with Gasteiger partial charge in [-0.15, -0.1) is 10.2 Å². The summed E-state index contributed by atoms with van der Waals surface area (Å²) >= 11 is 3.32. The van der Waals surface area contributed by atoms with Crippen molar-refractivity contribution in [2.75, 3.05) is 28.4 Å².